The van der Waals surface area contributed by atoms with Crippen LogP contribution in [0.3, 0.4) is 0 Å². The summed E-state index contributed by atoms with van der Waals surface area (Å²) in [5.41, 5.74) is 2.41. The van der Waals surface area contributed by atoms with Gasteiger partial charge in [-0.25, -0.2) is 0 Å². The third-order valence-corrected chi connectivity index (χ3v) is 4.27. The van der Waals surface area contributed by atoms with E-state index in [-0.39, 0.29) is 0 Å². The molecule has 0 bridgehead atoms. The number of fused-ring (bicyclic) bond motifs is 1. The second-order valence-electron chi connectivity index (χ2n) is 5.37. The van der Waals surface area contributed by atoms with Gasteiger partial charge in [-0.2, -0.15) is 0 Å². The zero-order valence-corrected chi connectivity index (χ0v) is 10.5. The first-order chi connectivity index (χ1) is 9.21. The highest BCUT2D eigenvalue weighted by molar-refractivity contribution is 5.73. The molecule has 0 amide bonds. The Labute approximate surface area is 108 Å². The highest BCUT2D eigenvalue weighted by atomic mass is 16.4. The molecule has 0 aromatic carbocycles. The Morgan fingerprint density at radius 2 is 2.29 bits per heavy atom. The number of allylic oxidation sites excluding steroid dienone is 3. The fraction of sp³-hybridized carbons (Fsp3) is 0.667. The zero-order valence-electron chi connectivity index (χ0n) is 13.5. The number of carboxylic acid groups (broad SMARTS) is 1. The maximum Gasteiger partial charge on any atom is 0.310 e. The van der Waals surface area contributed by atoms with Crippen LogP contribution in [0.25, 0.3) is 0 Å². The summed E-state index contributed by atoms with van der Waals surface area (Å²) in [6.45, 7) is 1.83. The number of carboxylic acids is 1. The van der Waals surface area contributed by atoms with Crippen molar-refractivity contribution in [2.24, 2.45) is 17.8 Å². The van der Waals surface area contributed by atoms with E-state index in [1.165, 1.54) is 0 Å². The zero-order chi connectivity index (χ0) is 15.1. The largest absolute Gasteiger partial charge is 0.481 e. The lowest BCUT2D eigenvalue weighted by Crippen LogP contribution is -2.26. The molecule has 0 saturated heterocycles. The topological polar surface area (TPSA) is 37.3 Å². The first kappa shape index (κ1) is 8.96. The molecule has 0 aromatic heterocycles. The number of rotatable bonds is 2. The molecule has 0 heterocycles. The first-order valence-electron chi connectivity index (χ1n) is 7.88. The minimum Gasteiger partial charge on any atom is -0.481 e. The van der Waals surface area contributed by atoms with Crippen LogP contribution in [-0.4, -0.2) is 11.1 Å². The summed E-state index contributed by atoms with van der Waals surface area (Å²) in [5, 5.41) is 9.25. The van der Waals surface area contributed by atoms with Gasteiger partial charge in [-0.05, 0) is 56.9 Å². The molecule has 0 saturated carbocycles. The molecule has 2 nitrogen and oxygen atoms in total. The van der Waals surface area contributed by atoms with E-state index in [9.17, 15) is 9.90 Å². The lowest BCUT2D eigenvalue weighted by molar-refractivity contribution is -0.140. The molecule has 0 fully saturated rings. The standard InChI is InChI=1S/C15H22O2/c1-9-4-6-12-10(2)5-7-13(14(12)8-9)11(3)15(16)17/h8,10-12H,4-7H2,1-3H3,(H,16,17)/t10-,11?,12?/m1/s1/i1+1D3. The predicted molar refractivity (Wildman–Crippen MR) is 68.7 cm³/mol. The first-order valence-corrected chi connectivity index (χ1v) is 6.38. The van der Waals surface area contributed by atoms with E-state index >= 15 is 0 Å². The minimum atomic E-state index is -2.06. The summed E-state index contributed by atoms with van der Waals surface area (Å²) in [7, 11) is 0. The van der Waals surface area contributed by atoms with Crippen LogP contribution in [0.5, 0.6) is 0 Å². The van der Waals surface area contributed by atoms with Crippen LogP contribution in [0, 0.1) is 17.8 Å². The lowest BCUT2D eigenvalue weighted by Gasteiger charge is -2.36. The maximum atomic E-state index is 11.3. The molecule has 2 rings (SSSR count). The van der Waals surface area contributed by atoms with Gasteiger partial charge in [0.2, 0.25) is 0 Å². The van der Waals surface area contributed by atoms with Gasteiger partial charge in [-0.1, -0.05) is 24.1 Å². The van der Waals surface area contributed by atoms with E-state index in [1.807, 2.05) is 0 Å². The highest BCUT2D eigenvalue weighted by Gasteiger charge is 2.33. The third-order valence-electron chi connectivity index (χ3n) is 4.27. The molecule has 0 spiro atoms. The molecule has 0 aromatic rings. The minimum absolute atomic E-state index is 0.326. The van der Waals surface area contributed by atoms with Gasteiger partial charge in [-0.15, -0.1) is 0 Å². The predicted octanol–water partition coefficient (Wildman–Crippen LogP) is 3.79. The van der Waals surface area contributed by atoms with Gasteiger partial charge in [0.25, 0.3) is 0 Å². The molecule has 2 unspecified atom stereocenters. The summed E-state index contributed by atoms with van der Waals surface area (Å²) in [5.74, 6) is -0.516. The highest BCUT2D eigenvalue weighted by Crippen LogP contribution is 2.44. The molecule has 1 N–H and O–H groups in total. The van der Waals surface area contributed by atoms with Gasteiger partial charge in [0, 0.05) is 4.11 Å². The Morgan fingerprint density at radius 1 is 1.53 bits per heavy atom. The molecule has 94 valence electrons. The van der Waals surface area contributed by atoms with Gasteiger partial charge < -0.3 is 5.11 Å². The van der Waals surface area contributed by atoms with E-state index in [0.29, 0.717) is 23.8 Å². The van der Waals surface area contributed by atoms with Gasteiger partial charge >= 0.3 is 5.97 Å². The monoisotopic (exact) mass is 238 g/mol. The van der Waals surface area contributed by atoms with E-state index in [1.54, 1.807) is 13.0 Å². The summed E-state index contributed by atoms with van der Waals surface area (Å²) in [6, 6.07) is 0. The molecule has 0 aliphatic heterocycles. The van der Waals surface area contributed by atoms with Crippen molar-refractivity contribution in [2.45, 2.75) is 46.4 Å². The van der Waals surface area contributed by atoms with Crippen molar-refractivity contribution >= 4 is 5.97 Å². The van der Waals surface area contributed by atoms with Crippen LogP contribution in [0.2, 0.25) is 0 Å². The second kappa shape index (κ2) is 4.67. The SMILES string of the molecule is [2H][13C]([2H])([2H])C1=CC2=C(C(C)C(=O)O)CC[C@@H](C)C2CC1. The third kappa shape index (κ3) is 2.31. The smallest absolute Gasteiger partial charge is 0.310 e. The van der Waals surface area contributed by atoms with E-state index < -0.39 is 18.7 Å². The summed E-state index contributed by atoms with van der Waals surface area (Å²) in [4.78, 5) is 11.3. The van der Waals surface area contributed by atoms with Crippen molar-refractivity contribution in [3.8, 4) is 0 Å². The fourth-order valence-electron chi connectivity index (χ4n) is 3.10. The van der Waals surface area contributed by atoms with E-state index in [0.717, 1.165) is 30.4 Å². The van der Waals surface area contributed by atoms with Crippen LogP contribution in [0.4, 0.5) is 0 Å². The quantitative estimate of drug-likeness (QED) is 0.743. The summed E-state index contributed by atoms with van der Waals surface area (Å²) < 4.78 is 22.7. The molecule has 17 heavy (non-hydrogen) atoms. The van der Waals surface area contributed by atoms with Crippen molar-refractivity contribution in [2.75, 3.05) is 0 Å². The second-order valence-corrected chi connectivity index (χ2v) is 5.37. The fourth-order valence-corrected chi connectivity index (χ4v) is 3.10. The molecule has 0 radical (unpaired) electrons. The van der Waals surface area contributed by atoms with Crippen molar-refractivity contribution in [3.63, 3.8) is 0 Å². The van der Waals surface area contributed by atoms with Gasteiger partial charge in [0.1, 0.15) is 0 Å². The maximum absolute atomic E-state index is 11.3. The number of carbonyl (C=O) groups is 1. The normalized spacial score (nSPS) is 34.0. The van der Waals surface area contributed by atoms with Crippen LogP contribution in [0.1, 0.15) is 50.5 Å². The van der Waals surface area contributed by atoms with Gasteiger partial charge in [0.15, 0.2) is 0 Å². The van der Waals surface area contributed by atoms with Crippen LogP contribution < -0.4 is 0 Å². The van der Waals surface area contributed by atoms with Crippen molar-refractivity contribution in [1.29, 1.82) is 0 Å². The molecule has 2 aliphatic carbocycles. The molecular formula is C15H22O2. The van der Waals surface area contributed by atoms with Gasteiger partial charge in [0.05, 0.1) is 5.92 Å². The van der Waals surface area contributed by atoms with E-state index in [4.69, 9.17) is 4.11 Å². The van der Waals surface area contributed by atoms with Crippen LogP contribution >= 0.6 is 0 Å². The van der Waals surface area contributed by atoms with Crippen LogP contribution in [-0.2, 0) is 4.79 Å². The Morgan fingerprint density at radius 3 is 2.94 bits per heavy atom. The Balaban J connectivity index is 2.48. The molecule has 2 aliphatic rings. The average molecular weight is 238 g/mol. The number of aliphatic carboxylic acids is 1. The average Bonchev–Trinajstić information content (AvgIpc) is 2.37. The molecule has 3 atom stereocenters. The van der Waals surface area contributed by atoms with Gasteiger partial charge in [-0.3, -0.25) is 4.79 Å². The van der Waals surface area contributed by atoms with Crippen molar-refractivity contribution in [1.82, 2.24) is 0 Å². The number of hydrogen-bond acceptors (Lipinski definition) is 1. The Bertz CT molecular complexity index is 474. The van der Waals surface area contributed by atoms with Crippen molar-refractivity contribution in [3.05, 3.63) is 22.8 Å². The molecule has 2 heteroatoms. The lowest BCUT2D eigenvalue weighted by atomic mass is 9.69. The van der Waals surface area contributed by atoms with Crippen molar-refractivity contribution < 1.29 is 14.0 Å². The summed E-state index contributed by atoms with van der Waals surface area (Å²) >= 11 is 0. The summed E-state index contributed by atoms with van der Waals surface area (Å²) in [6.07, 6.45) is 4.98. The Kier molecular flexibility index (Phi) is 2.46. The van der Waals surface area contributed by atoms with E-state index in [2.05, 4.69) is 6.92 Å². The number of hydrogen-bond donors (Lipinski definition) is 1. The Hall–Kier alpha value is -1.05. The van der Waals surface area contributed by atoms with Crippen LogP contribution in [0.15, 0.2) is 22.8 Å². The molecular weight excluding hydrogens is 213 g/mol.